The number of nitriles is 1. The number of para-hydroxylation sites is 2. The van der Waals surface area contributed by atoms with Crippen LogP contribution in [0.2, 0.25) is 0 Å². The van der Waals surface area contributed by atoms with Gasteiger partial charge in [-0.15, -0.1) is 0 Å². The largest absolute Gasteiger partial charge is 0.456 e. The Morgan fingerprint density at radius 3 is 1.87 bits per heavy atom. The van der Waals surface area contributed by atoms with E-state index in [4.69, 9.17) is 19.4 Å². The molecule has 7 aromatic carbocycles. The van der Waals surface area contributed by atoms with Crippen LogP contribution in [0.15, 0.2) is 168 Å². The van der Waals surface area contributed by atoms with E-state index in [0.717, 1.165) is 66.5 Å². The second kappa shape index (κ2) is 11.9. The van der Waals surface area contributed by atoms with Gasteiger partial charge in [-0.1, -0.05) is 109 Å². The molecule has 0 spiro atoms. The Bertz CT molecular complexity index is 3040. The van der Waals surface area contributed by atoms with Crippen molar-refractivity contribution >= 4 is 43.7 Å². The number of aromatic nitrogens is 4. The van der Waals surface area contributed by atoms with Crippen molar-refractivity contribution in [2.24, 2.45) is 0 Å². The summed E-state index contributed by atoms with van der Waals surface area (Å²) in [5.41, 5.74) is 10.3. The first kappa shape index (κ1) is 29.5. The van der Waals surface area contributed by atoms with Gasteiger partial charge < -0.3 is 8.98 Å². The summed E-state index contributed by atoms with van der Waals surface area (Å²) in [5, 5.41) is 14.2. The lowest BCUT2D eigenvalue weighted by Crippen LogP contribution is -2.01. The lowest BCUT2D eigenvalue weighted by atomic mass is 10.0. The van der Waals surface area contributed by atoms with Gasteiger partial charge in [0.25, 0.3) is 0 Å². The molecule has 0 bridgehead atoms. The third kappa shape index (κ3) is 4.92. The van der Waals surface area contributed by atoms with E-state index in [1.807, 2.05) is 66.7 Å². The van der Waals surface area contributed by atoms with E-state index in [-0.39, 0.29) is 0 Å². The monoisotopic (exact) mass is 665 g/mol. The van der Waals surface area contributed by atoms with Gasteiger partial charge in [0.15, 0.2) is 17.5 Å². The van der Waals surface area contributed by atoms with Crippen LogP contribution in [0.1, 0.15) is 5.56 Å². The summed E-state index contributed by atoms with van der Waals surface area (Å²) in [6.07, 6.45) is 0. The highest BCUT2D eigenvalue weighted by Gasteiger charge is 2.17. The molecular formula is C46H27N5O. The standard InChI is InChI=1S/C46H27N5O/c47-28-29-10-8-13-33(24-29)45-48-44(30-11-2-1-3-12-30)49-46(50-45)34-14-9-15-35(25-34)51-40-18-6-4-16-36(40)37-22-20-32(27-41(37)51)31-21-23-43-39(26-31)38-17-5-7-19-42(38)52-43/h1-27H. The predicted molar refractivity (Wildman–Crippen MR) is 208 cm³/mol. The van der Waals surface area contributed by atoms with Crippen LogP contribution in [0.3, 0.4) is 0 Å². The fourth-order valence-corrected chi connectivity index (χ4v) is 7.20. The molecule has 0 amide bonds. The highest BCUT2D eigenvalue weighted by molar-refractivity contribution is 6.11. The number of fused-ring (bicyclic) bond motifs is 6. The number of nitrogens with zero attached hydrogens (tertiary/aromatic N) is 5. The van der Waals surface area contributed by atoms with Crippen molar-refractivity contribution in [3.63, 3.8) is 0 Å². The van der Waals surface area contributed by atoms with Gasteiger partial charge in [0.2, 0.25) is 0 Å². The topological polar surface area (TPSA) is 80.5 Å². The maximum Gasteiger partial charge on any atom is 0.164 e. The molecule has 0 fully saturated rings. The summed E-state index contributed by atoms with van der Waals surface area (Å²) in [7, 11) is 0. The average molecular weight is 666 g/mol. The molecule has 0 N–H and O–H groups in total. The van der Waals surface area contributed by atoms with Gasteiger partial charge in [-0.2, -0.15) is 5.26 Å². The minimum Gasteiger partial charge on any atom is -0.456 e. The van der Waals surface area contributed by atoms with Crippen molar-refractivity contribution < 1.29 is 4.42 Å². The SMILES string of the molecule is N#Cc1cccc(-c2nc(-c3ccccc3)nc(-c3cccc(-n4c5ccccc5c5ccc(-c6ccc7oc8ccccc8c7c6)cc54)c3)n2)c1. The van der Waals surface area contributed by atoms with Crippen molar-refractivity contribution in [2.75, 3.05) is 0 Å². The fraction of sp³-hybridized carbons (Fsp3) is 0. The molecule has 3 heterocycles. The van der Waals surface area contributed by atoms with E-state index in [9.17, 15) is 5.26 Å². The Kier molecular flexibility index (Phi) is 6.76. The molecule has 0 aliphatic rings. The number of hydrogen-bond donors (Lipinski definition) is 0. The van der Waals surface area contributed by atoms with Crippen molar-refractivity contribution in [1.29, 1.82) is 5.26 Å². The Morgan fingerprint density at radius 1 is 0.423 bits per heavy atom. The summed E-state index contributed by atoms with van der Waals surface area (Å²) < 4.78 is 8.44. The van der Waals surface area contributed by atoms with Gasteiger partial charge in [0.1, 0.15) is 11.2 Å². The number of rotatable bonds is 5. The maximum atomic E-state index is 9.59. The molecule has 0 aliphatic carbocycles. The van der Waals surface area contributed by atoms with Crippen molar-refractivity contribution in [1.82, 2.24) is 19.5 Å². The molecule has 0 saturated carbocycles. The van der Waals surface area contributed by atoms with Crippen LogP contribution in [0.25, 0.3) is 94.7 Å². The molecule has 0 saturated heterocycles. The smallest absolute Gasteiger partial charge is 0.164 e. The van der Waals surface area contributed by atoms with Crippen LogP contribution in [-0.4, -0.2) is 19.5 Å². The second-order valence-corrected chi connectivity index (χ2v) is 12.8. The Balaban J connectivity index is 1.15. The van der Waals surface area contributed by atoms with Crippen LogP contribution in [-0.2, 0) is 0 Å². The zero-order valence-corrected chi connectivity index (χ0v) is 27.7. The summed E-state index contributed by atoms with van der Waals surface area (Å²) in [6.45, 7) is 0. The summed E-state index contributed by atoms with van der Waals surface area (Å²) in [6, 6.07) is 57.7. The van der Waals surface area contributed by atoms with Gasteiger partial charge in [-0.25, -0.2) is 15.0 Å². The van der Waals surface area contributed by atoms with Crippen molar-refractivity contribution in [2.45, 2.75) is 0 Å². The van der Waals surface area contributed by atoms with Crippen LogP contribution >= 0.6 is 0 Å². The molecule has 52 heavy (non-hydrogen) atoms. The van der Waals surface area contributed by atoms with E-state index in [1.54, 1.807) is 6.07 Å². The molecule has 242 valence electrons. The Labute approximate surface area is 298 Å². The van der Waals surface area contributed by atoms with Gasteiger partial charge in [-0.05, 0) is 65.7 Å². The lowest BCUT2D eigenvalue weighted by molar-refractivity contribution is 0.669. The number of furan rings is 1. The van der Waals surface area contributed by atoms with Crippen LogP contribution < -0.4 is 0 Å². The molecule has 0 atom stereocenters. The molecule has 10 rings (SSSR count). The average Bonchev–Trinajstić information content (AvgIpc) is 3.76. The Hall–Kier alpha value is -7.36. The summed E-state index contributed by atoms with van der Waals surface area (Å²) >= 11 is 0. The van der Waals surface area contributed by atoms with E-state index < -0.39 is 0 Å². The van der Waals surface area contributed by atoms with E-state index in [0.29, 0.717) is 23.0 Å². The quantitative estimate of drug-likeness (QED) is 0.183. The predicted octanol–water partition coefficient (Wildman–Crippen LogP) is 11.4. The zero-order chi connectivity index (χ0) is 34.6. The number of hydrogen-bond acceptors (Lipinski definition) is 5. The molecule has 3 aromatic heterocycles. The third-order valence-electron chi connectivity index (χ3n) is 9.66. The lowest BCUT2D eigenvalue weighted by Gasteiger charge is -2.12. The van der Waals surface area contributed by atoms with Gasteiger partial charge in [-0.3, -0.25) is 0 Å². The van der Waals surface area contributed by atoms with Gasteiger partial charge in [0, 0.05) is 43.9 Å². The minimum atomic E-state index is 0.509. The van der Waals surface area contributed by atoms with Crippen LogP contribution in [0.4, 0.5) is 0 Å². The summed E-state index contributed by atoms with van der Waals surface area (Å²) in [5.74, 6) is 1.63. The first-order valence-electron chi connectivity index (χ1n) is 17.1. The molecule has 0 unspecified atom stereocenters. The van der Waals surface area contributed by atoms with Crippen LogP contribution in [0, 0.1) is 11.3 Å². The molecular weight excluding hydrogens is 639 g/mol. The van der Waals surface area contributed by atoms with Crippen LogP contribution in [0.5, 0.6) is 0 Å². The summed E-state index contributed by atoms with van der Waals surface area (Å²) in [4.78, 5) is 14.8. The molecule has 10 aromatic rings. The first-order valence-corrected chi connectivity index (χ1v) is 17.1. The fourth-order valence-electron chi connectivity index (χ4n) is 7.20. The molecule has 0 radical (unpaired) electrons. The zero-order valence-electron chi connectivity index (χ0n) is 27.7. The van der Waals surface area contributed by atoms with Gasteiger partial charge >= 0.3 is 0 Å². The molecule has 6 heteroatoms. The van der Waals surface area contributed by atoms with Crippen molar-refractivity contribution in [3.05, 3.63) is 169 Å². The van der Waals surface area contributed by atoms with Gasteiger partial charge in [0.05, 0.1) is 22.7 Å². The van der Waals surface area contributed by atoms with E-state index in [1.165, 1.54) is 10.8 Å². The first-order chi connectivity index (χ1) is 25.7. The molecule has 0 aliphatic heterocycles. The maximum absolute atomic E-state index is 9.59. The molecule has 6 nitrogen and oxygen atoms in total. The Morgan fingerprint density at radius 2 is 1.04 bits per heavy atom. The number of benzene rings is 7. The van der Waals surface area contributed by atoms with E-state index >= 15 is 0 Å². The highest BCUT2D eigenvalue weighted by Crippen LogP contribution is 2.38. The van der Waals surface area contributed by atoms with E-state index in [2.05, 4.69) is 102 Å². The second-order valence-electron chi connectivity index (χ2n) is 12.8. The van der Waals surface area contributed by atoms with Crippen molar-refractivity contribution in [3.8, 4) is 57.0 Å². The highest BCUT2D eigenvalue weighted by atomic mass is 16.3. The minimum absolute atomic E-state index is 0.509. The third-order valence-corrected chi connectivity index (χ3v) is 9.66. The normalized spacial score (nSPS) is 11.4.